The van der Waals surface area contributed by atoms with Crippen LogP contribution in [-0.2, 0) is 33.5 Å². The number of β-lactam (4-membered cyclic amide) rings is 1. The molecule has 0 aliphatic carbocycles. The number of phenols is 2. The van der Waals surface area contributed by atoms with E-state index in [0.29, 0.717) is 16.7 Å². The quantitative estimate of drug-likeness (QED) is 0.0203. The first-order valence-corrected chi connectivity index (χ1v) is 22.2. The van der Waals surface area contributed by atoms with Crippen LogP contribution in [0.2, 0.25) is 0 Å². The fraction of sp³-hybridized carbons (Fsp3) is 0.149. The van der Waals surface area contributed by atoms with Gasteiger partial charge in [0.25, 0.3) is 11.8 Å². The van der Waals surface area contributed by atoms with Crippen molar-refractivity contribution in [2.24, 2.45) is 5.16 Å². The van der Waals surface area contributed by atoms with Crippen molar-refractivity contribution in [1.82, 2.24) is 15.2 Å². The van der Waals surface area contributed by atoms with Gasteiger partial charge in [-0.2, -0.15) is 0 Å². The van der Waals surface area contributed by atoms with E-state index in [4.69, 9.17) is 31.6 Å². The number of phenolic OH excluding ortho intramolecular Hbond substituents is 2. The van der Waals surface area contributed by atoms with E-state index in [9.17, 15) is 29.4 Å². The van der Waals surface area contributed by atoms with Crippen LogP contribution in [-0.4, -0.2) is 72.6 Å². The molecule has 6 aromatic rings. The zero-order valence-corrected chi connectivity index (χ0v) is 35.9. The van der Waals surface area contributed by atoms with Gasteiger partial charge in [0.1, 0.15) is 22.8 Å². The molecule has 2 aliphatic rings. The molecule has 5 N–H and O–H groups in total. The number of aromatic hydroxyl groups is 2. The van der Waals surface area contributed by atoms with Gasteiger partial charge in [0.15, 0.2) is 34.6 Å². The maximum atomic E-state index is 14.2. The molecule has 3 unspecified atom stereocenters. The molecular weight excluding hydrogens is 878 g/mol. The summed E-state index contributed by atoms with van der Waals surface area (Å²) < 4.78 is 12.2. The second-order valence-electron chi connectivity index (χ2n) is 14.4. The first-order valence-electron chi connectivity index (χ1n) is 19.7. The van der Waals surface area contributed by atoms with Crippen LogP contribution in [0.15, 0.2) is 161 Å². The van der Waals surface area contributed by atoms with E-state index < -0.39 is 70.7 Å². The number of rotatable bonds is 15. The lowest BCUT2D eigenvalue weighted by molar-refractivity contribution is -0.162. The number of halogens is 1. The summed E-state index contributed by atoms with van der Waals surface area (Å²) in [6.45, 7) is 0. The maximum Gasteiger partial charge on any atom is 0.356 e. The third kappa shape index (κ3) is 9.29. The van der Waals surface area contributed by atoms with Crippen LogP contribution < -0.4 is 11.1 Å². The average molecular weight is 916 g/mol. The SMILES string of the molecule is Nc1nc(/C(=N/OC(C(=O)OC(c2ccccc2)c2ccccc2)c2ccc(O)c(O)c2)C(=O)NC2C(=O)N3C(C(=O)OC(c4ccccc4)c4ccccc4)=C(CCl)CSC23)cs1. The van der Waals surface area contributed by atoms with Crippen LogP contribution in [0.3, 0.4) is 0 Å². The lowest BCUT2D eigenvalue weighted by atomic mass is 10.0. The number of nitrogens with one attached hydrogen (secondary N) is 1. The molecule has 0 radical (unpaired) electrons. The fourth-order valence-corrected chi connectivity index (χ4v) is 9.37. The van der Waals surface area contributed by atoms with E-state index in [0.717, 1.165) is 34.6 Å². The molecular formula is C47H38ClN5O9S2. The zero-order valence-electron chi connectivity index (χ0n) is 33.5. The molecule has 0 saturated carbocycles. The van der Waals surface area contributed by atoms with E-state index in [1.54, 1.807) is 48.5 Å². The fourth-order valence-electron chi connectivity index (χ4n) is 7.14. The summed E-state index contributed by atoms with van der Waals surface area (Å²) >= 11 is 8.65. The van der Waals surface area contributed by atoms with Crippen molar-refractivity contribution in [3.63, 3.8) is 0 Å². The smallest absolute Gasteiger partial charge is 0.356 e. The van der Waals surface area contributed by atoms with Gasteiger partial charge >= 0.3 is 11.9 Å². The number of fused-ring (bicyclic) bond motifs is 1. The van der Waals surface area contributed by atoms with Crippen molar-refractivity contribution in [3.05, 3.63) is 190 Å². The van der Waals surface area contributed by atoms with Gasteiger partial charge in [-0.15, -0.1) is 34.7 Å². The van der Waals surface area contributed by atoms with E-state index in [2.05, 4.69) is 15.5 Å². The summed E-state index contributed by atoms with van der Waals surface area (Å²) in [5.74, 6) is -4.05. The Labute approximate surface area is 379 Å². The number of esters is 2. The number of hydrogen-bond donors (Lipinski definition) is 4. The Bertz CT molecular complexity index is 2650. The summed E-state index contributed by atoms with van der Waals surface area (Å²) in [7, 11) is 0. The van der Waals surface area contributed by atoms with Crippen LogP contribution >= 0.6 is 34.7 Å². The Kier molecular flexibility index (Phi) is 13.3. The van der Waals surface area contributed by atoms with E-state index >= 15 is 0 Å². The molecule has 2 aliphatic heterocycles. The number of ether oxygens (including phenoxy) is 2. The standard InChI is InChI=1S/C47H38ClN5O9S2/c48-24-32-25-63-44-37(43(57)53(44)38(32)45(58)60-39(27-13-5-1-6-14-27)28-15-7-2-8-16-28)51-42(56)36(33-26-64-47(49)50-33)52-62-41(31-21-22-34(54)35(55)23-31)46(59)61-40(29-17-9-3-10-18-29)30-19-11-4-12-20-30/h1-23,26,37,39-41,44,54-55H,24-25H2,(H2,49,50)(H,51,56)/b52-36-. The minimum atomic E-state index is -1.71. The van der Waals surface area contributed by atoms with Crippen molar-refractivity contribution >= 4 is 69.3 Å². The maximum absolute atomic E-state index is 14.2. The van der Waals surface area contributed by atoms with Crippen LogP contribution in [0.25, 0.3) is 0 Å². The number of alkyl halides is 1. The molecule has 1 fully saturated rings. The molecule has 14 nitrogen and oxygen atoms in total. The van der Waals surface area contributed by atoms with Crippen LogP contribution in [0.5, 0.6) is 11.5 Å². The monoisotopic (exact) mass is 915 g/mol. The number of nitrogen functional groups attached to an aromatic ring is 1. The molecule has 17 heteroatoms. The lowest BCUT2D eigenvalue weighted by Gasteiger charge is -2.49. The summed E-state index contributed by atoms with van der Waals surface area (Å²) in [4.78, 5) is 68.0. The number of nitrogens with two attached hydrogens (primary N) is 1. The van der Waals surface area contributed by atoms with Gasteiger partial charge < -0.3 is 35.6 Å². The van der Waals surface area contributed by atoms with Gasteiger partial charge in [0, 0.05) is 22.6 Å². The van der Waals surface area contributed by atoms with E-state index in [-0.39, 0.29) is 33.7 Å². The number of anilines is 1. The molecule has 1 saturated heterocycles. The second kappa shape index (κ2) is 19.5. The molecule has 0 bridgehead atoms. The zero-order chi connectivity index (χ0) is 44.7. The van der Waals surface area contributed by atoms with Gasteiger partial charge in [-0.3, -0.25) is 14.5 Å². The molecule has 2 amide bonds. The third-order valence-corrected chi connectivity index (χ3v) is 12.6. The molecule has 3 atom stereocenters. The Morgan fingerprint density at radius 2 is 1.34 bits per heavy atom. The van der Waals surface area contributed by atoms with E-state index in [1.165, 1.54) is 28.1 Å². The number of hydrogen-bond acceptors (Lipinski definition) is 14. The predicted molar refractivity (Wildman–Crippen MR) is 241 cm³/mol. The largest absolute Gasteiger partial charge is 0.504 e. The number of oxime groups is 1. The molecule has 0 spiro atoms. The van der Waals surface area contributed by atoms with Gasteiger partial charge in [-0.25, -0.2) is 14.6 Å². The normalized spacial score (nSPS) is 16.5. The van der Waals surface area contributed by atoms with Crippen molar-refractivity contribution in [2.45, 2.75) is 29.7 Å². The molecule has 3 heterocycles. The number of aromatic nitrogens is 1. The van der Waals surface area contributed by atoms with Crippen LogP contribution in [0, 0.1) is 0 Å². The highest BCUT2D eigenvalue weighted by Gasteiger charge is 2.55. The minimum absolute atomic E-state index is 0.00146. The van der Waals surface area contributed by atoms with Crippen molar-refractivity contribution < 1.29 is 43.7 Å². The lowest BCUT2D eigenvalue weighted by Crippen LogP contribution is -2.71. The highest BCUT2D eigenvalue weighted by Crippen LogP contribution is 2.42. The van der Waals surface area contributed by atoms with Gasteiger partial charge in [0.2, 0.25) is 6.10 Å². The Morgan fingerprint density at radius 3 is 1.84 bits per heavy atom. The van der Waals surface area contributed by atoms with Crippen molar-refractivity contribution in [2.75, 3.05) is 17.4 Å². The number of thiazole rings is 1. The topological polar surface area (TPSA) is 203 Å². The van der Waals surface area contributed by atoms with Crippen molar-refractivity contribution in [3.8, 4) is 11.5 Å². The number of benzene rings is 5. The summed E-state index contributed by atoms with van der Waals surface area (Å²) in [5, 5.41) is 28.2. The minimum Gasteiger partial charge on any atom is -0.504 e. The van der Waals surface area contributed by atoms with Crippen LogP contribution in [0.1, 0.15) is 51.8 Å². The Balaban J connectivity index is 1.06. The highest BCUT2D eigenvalue weighted by molar-refractivity contribution is 8.00. The average Bonchev–Trinajstić information content (AvgIpc) is 3.77. The number of amides is 2. The number of nitrogens with zero attached hydrogens (tertiary/aromatic N) is 3. The summed E-state index contributed by atoms with van der Waals surface area (Å²) in [5.41, 5.74) is 8.72. The van der Waals surface area contributed by atoms with Gasteiger partial charge in [-0.05, 0) is 40.0 Å². The number of thioether (sulfide) groups is 1. The molecule has 5 aromatic carbocycles. The Morgan fingerprint density at radius 1 is 0.797 bits per heavy atom. The summed E-state index contributed by atoms with van der Waals surface area (Å²) in [6.07, 6.45) is -3.41. The molecule has 324 valence electrons. The van der Waals surface area contributed by atoms with Crippen LogP contribution in [0.4, 0.5) is 5.13 Å². The predicted octanol–water partition coefficient (Wildman–Crippen LogP) is 7.16. The molecule has 8 rings (SSSR count). The van der Waals surface area contributed by atoms with Crippen molar-refractivity contribution in [1.29, 1.82) is 0 Å². The second-order valence-corrected chi connectivity index (χ2v) is 16.7. The first-order chi connectivity index (χ1) is 31.1. The van der Waals surface area contributed by atoms with Gasteiger partial charge in [-0.1, -0.05) is 133 Å². The Hall–Kier alpha value is -7.14. The van der Waals surface area contributed by atoms with Gasteiger partial charge in [0.05, 0.1) is 0 Å². The highest BCUT2D eigenvalue weighted by atomic mass is 35.5. The third-order valence-electron chi connectivity index (χ3n) is 10.3. The molecule has 64 heavy (non-hydrogen) atoms. The van der Waals surface area contributed by atoms with E-state index in [1.807, 2.05) is 72.8 Å². The molecule has 1 aromatic heterocycles. The number of carbonyl (C=O) groups excluding carboxylic acids is 4. The number of carbonyl (C=O) groups is 4. The summed E-state index contributed by atoms with van der Waals surface area (Å²) in [6, 6.07) is 38.8. The first kappa shape index (κ1) is 43.5.